The minimum Gasteiger partial charge on any atom is -0.506 e. The molecule has 0 bridgehead atoms. The zero-order valence-corrected chi connectivity index (χ0v) is 11.8. The Morgan fingerprint density at radius 1 is 1.44 bits per heavy atom. The molecule has 18 heavy (non-hydrogen) atoms. The standard InChI is InChI=1S/C14H21ClN2O/c1-16(2)12-6-4-8-17(10-12)9-11-5-3-7-13(15)14(11)18/h3,5,7,12,18H,4,6,8-10H2,1-2H3. The zero-order valence-electron chi connectivity index (χ0n) is 11.1. The smallest absolute Gasteiger partial charge is 0.138 e. The van der Waals surface area contributed by atoms with E-state index in [1.807, 2.05) is 12.1 Å². The zero-order chi connectivity index (χ0) is 13.1. The van der Waals surface area contributed by atoms with Gasteiger partial charge in [0, 0.05) is 24.7 Å². The summed E-state index contributed by atoms with van der Waals surface area (Å²) in [6.45, 7) is 2.92. The Kier molecular flexibility index (Phi) is 4.49. The molecule has 1 heterocycles. The van der Waals surface area contributed by atoms with Gasteiger partial charge in [0.1, 0.15) is 5.75 Å². The number of para-hydroxylation sites is 1. The van der Waals surface area contributed by atoms with Crippen LogP contribution >= 0.6 is 11.6 Å². The van der Waals surface area contributed by atoms with Crippen LogP contribution in [0.2, 0.25) is 5.02 Å². The summed E-state index contributed by atoms with van der Waals surface area (Å²) in [5.74, 6) is 0.228. The van der Waals surface area contributed by atoms with E-state index in [-0.39, 0.29) is 5.75 Å². The van der Waals surface area contributed by atoms with Crippen molar-refractivity contribution in [3.8, 4) is 5.75 Å². The lowest BCUT2D eigenvalue weighted by Crippen LogP contribution is -2.44. The van der Waals surface area contributed by atoms with Crippen molar-refractivity contribution >= 4 is 11.6 Å². The van der Waals surface area contributed by atoms with E-state index in [0.29, 0.717) is 11.1 Å². The Morgan fingerprint density at radius 2 is 2.22 bits per heavy atom. The second-order valence-corrected chi connectivity index (χ2v) is 5.65. The third kappa shape index (κ3) is 3.16. The van der Waals surface area contributed by atoms with E-state index in [4.69, 9.17) is 11.6 Å². The van der Waals surface area contributed by atoms with Crippen molar-refractivity contribution in [3.63, 3.8) is 0 Å². The lowest BCUT2D eigenvalue weighted by atomic mass is 10.0. The molecule has 0 amide bonds. The van der Waals surface area contributed by atoms with Crippen LogP contribution in [0.1, 0.15) is 18.4 Å². The largest absolute Gasteiger partial charge is 0.506 e. The van der Waals surface area contributed by atoms with Crippen LogP contribution in [0, 0.1) is 0 Å². The first-order valence-corrected chi connectivity index (χ1v) is 6.81. The maximum atomic E-state index is 9.93. The number of hydrogen-bond acceptors (Lipinski definition) is 3. The quantitative estimate of drug-likeness (QED) is 0.913. The number of aromatic hydroxyl groups is 1. The Morgan fingerprint density at radius 3 is 2.94 bits per heavy atom. The van der Waals surface area contributed by atoms with Gasteiger partial charge in [-0.15, -0.1) is 0 Å². The van der Waals surface area contributed by atoms with Gasteiger partial charge in [-0.25, -0.2) is 0 Å². The van der Waals surface area contributed by atoms with Crippen molar-refractivity contribution in [3.05, 3.63) is 28.8 Å². The Labute approximate surface area is 114 Å². The maximum Gasteiger partial charge on any atom is 0.138 e. The predicted octanol–water partition coefficient (Wildman–Crippen LogP) is 2.57. The fraction of sp³-hybridized carbons (Fsp3) is 0.571. The molecule has 1 fully saturated rings. The molecule has 1 aliphatic rings. The number of halogens is 1. The molecule has 1 aromatic rings. The third-order valence-corrected chi connectivity index (χ3v) is 3.98. The summed E-state index contributed by atoms with van der Waals surface area (Å²) < 4.78 is 0. The van der Waals surface area contributed by atoms with Gasteiger partial charge in [0.2, 0.25) is 0 Å². The average Bonchev–Trinajstić information content (AvgIpc) is 2.35. The highest BCUT2D eigenvalue weighted by Gasteiger charge is 2.22. The molecule has 1 unspecified atom stereocenters. The van der Waals surface area contributed by atoms with Crippen LogP contribution in [0.15, 0.2) is 18.2 Å². The number of likely N-dealkylation sites (N-methyl/N-ethyl adjacent to an activating group) is 1. The Balaban J connectivity index is 2.03. The van der Waals surface area contributed by atoms with Crippen LogP contribution in [-0.2, 0) is 6.54 Å². The van der Waals surface area contributed by atoms with Gasteiger partial charge in [-0.1, -0.05) is 23.7 Å². The van der Waals surface area contributed by atoms with Crippen LogP contribution in [0.25, 0.3) is 0 Å². The van der Waals surface area contributed by atoms with E-state index in [1.54, 1.807) is 6.07 Å². The molecule has 0 spiro atoms. The van der Waals surface area contributed by atoms with E-state index in [2.05, 4.69) is 23.9 Å². The van der Waals surface area contributed by atoms with Crippen LogP contribution in [0.4, 0.5) is 0 Å². The van der Waals surface area contributed by atoms with Crippen molar-refractivity contribution < 1.29 is 5.11 Å². The summed E-state index contributed by atoms with van der Waals surface area (Å²) in [7, 11) is 4.26. The molecule has 4 heteroatoms. The van der Waals surface area contributed by atoms with Gasteiger partial charge in [0.05, 0.1) is 5.02 Å². The fourth-order valence-electron chi connectivity index (χ4n) is 2.52. The van der Waals surface area contributed by atoms with Gasteiger partial charge < -0.3 is 10.0 Å². The van der Waals surface area contributed by atoms with Gasteiger partial charge in [0.25, 0.3) is 0 Å². The minimum atomic E-state index is 0.228. The molecule has 1 aliphatic heterocycles. The monoisotopic (exact) mass is 268 g/mol. The molecule has 0 saturated carbocycles. The van der Waals surface area contributed by atoms with Gasteiger partial charge >= 0.3 is 0 Å². The first-order chi connectivity index (χ1) is 8.58. The van der Waals surface area contributed by atoms with E-state index >= 15 is 0 Å². The van der Waals surface area contributed by atoms with E-state index < -0.39 is 0 Å². The molecule has 0 aliphatic carbocycles. The second-order valence-electron chi connectivity index (χ2n) is 5.24. The Hall–Kier alpha value is -0.770. The highest BCUT2D eigenvalue weighted by molar-refractivity contribution is 6.32. The number of likely N-dealkylation sites (tertiary alicyclic amines) is 1. The lowest BCUT2D eigenvalue weighted by Gasteiger charge is -2.36. The van der Waals surface area contributed by atoms with Crippen LogP contribution in [0.5, 0.6) is 5.75 Å². The topological polar surface area (TPSA) is 26.7 Å². The van der Waals surface area contributed by atoms with Gasteiger partial charge in [-0.3, -0.25) is 4.90 Å². The van der Waals surface area contributed by atoms with Crippen LogP contribution in [-0.4, -0.2) is 48.1 Å². The van der Waals surface area contributed by atoms with Crippen molar-refractivity contribution in [2.45, 2.75) is 25.4 Å². The van der Waals surface area contributed by atoms with Crippen molar-refractivity contribution in [2.24, 2.45) is 0 Å². The summed E-state index contributed by atoms with van der Waals surface area (Å²) in [6.07, 6.45) is 2.47. The molecule has 0 aromatic heterocycles. The van der Waals surface area contributed by atoms with E-state index in [1.165, 1.54) is 12.8 Å². The minimum absolute atomic E-state index is 0.228. The van der Waals surface area contributed by atoms with Crippen molar-refractivity contribution in [1.82, 2.24) is 9.80 Å². The molecule has 1 saturated heterocycles. The number of piperidine rings is 1. The van der Waals surface area contributed by atoms with Gasteiger partial charge in [-0.2, -0.15) is 0 Å². The molecule has 100 valence electrons. The molecule has 0 radical (unpaired) electrons. The molecule has 2 rings (SSSR count). The third-order valence-electron chi connectivity index (χ3n) is 3.68. The fourth-order valence-corrected chi connectivity index (χ4v) is 2.72. The predicted molar refractivity (Wildman–Crippen MR) is 75.1 cm³/mol. The van der Waals surface area contributed by atoms with E-state index in [9.17, 15) is 5.11 Å². The van der Waals surface area contributed by atoms with Gasteiger partial charge in [-0.05, 0) is 39.5 Å². The molecular weight excluding hydrogens is 248 g/mol. The van der Waals surface area contributed by atoms with Gasteiger partial charge in [0.15, 0.2) is 0 Å². The van der Waals surface area contributed by atoms with Crippen LogP contribution in [0.3, 0.4) is 0 Å². The highest BCUT2D eigenvalue weighted by atomic mass is 35.5. The average molecular weight is 269 g/mol. The lowest BCUT2D eigenvalue weighted by molar-refractivity contribution is 0.127. The summed E-state index contributed by atoms with van der Waals surface area (Å²) >= 11 is 5.93. The number of rotatable bonds is 3. The molecule has 1 atom stereocenters. The summed E-state index contributed by atoms with van der Waals surface area (Å²) in [6, 6.07) is 6.17. The Bertz CT molecular complexity index is 409. The first-order valence-electron chi connectivity index (χ1n) is 6.43. The molecule has 3 nitrogen and oxygen atoms in total. The highest BCUT2D eigenvalue weighted by Crippen LogP contribution is 2.28. The van der Waals surface area contributed by atoms with Crippen LogP contribution < -0.4 is 0 Å². The van der Waals surface area contributed by atoms with Crippen molar-refractivity contribution in [2.75, 3.05) is 27.2 Å². The number of phenolic OH excluding ortho intramolecular Hbond substituents is 1. The SMILES string of the molecule is CN(C)C1CCCN(Cc2cccc(Cl)c2O)C1. The van der Waals surface area contributed by atoms with Crippen molar-refractivity contribution in [1.29, 1.82) is 0 Å². The first kappa shape index (κ1) is 13.7. The summed E-state index contributed by atoms with van der Waals surface area (Å²) in [5, 5.41) is 10.4. The normalized spacial score (nSPS) is 21.4. The number of benzene rings is 1. The summed E-state index contributed by atoms with van der Waals surface area (Å²) in [4.78, 5) is 4.67. The second kappa shape index (κ2) is 5.91. The molecule has 1 aromatic carbocycles. The number of phenols is 1. The van der Waals surface area contributed by atoms with E-state index in [0.717, 1.165) is 25.2 Å². The number of hydrogen-bond donors (Lipinski definition) is 1. The summed E-state index contributed by atoms with van der Waals surface area (Å²) in [5.41, 5.74) is 0.918. The molecular formula is C14H21ClN2O. The molecule has 1 N–H and O–H groups in total. The maximum absolute atomic E-state index is 9.93. The number of nitrogens with zero attached hydrogens (tertiary/aromatic N) is 2.